The van der Waals surface area contributed by atoms with E-state index in [1.54, 1.807) is 18.2 Å². The van der Waals surface area contributed by atoms with Gasteiger partial charge in [-0.25, -0.2) is 0 Å². The summed E-state index contributed by atoms with van der Waals surface area (Å²) in [6.07, 6.45) is 3.10. The highest BCUT2D eigenvalue weighted by atomic mass is 16.5. The number of aromatic amines is 1. The lowest BCUT2D eigenvalue weighted by atomic mass is 10.1. The fourth-order valence-electron chi connectivity index (χ4n) is 2.40. The molecule has 2 aromatic carbocycles. The molecule has 0 fully saturated rings. The van der Waals surface area contributed by atoms with Crippen LogP contribution in [0.25, 0.3) is 17.3 Å². The Bertz CT molecular complexity index is 924. The molecule has 1 heterocycles. The van der Waals surface area contributed by atoms with Crippen molar-refractivity contribution in [2.24, 2.45) is 0 Å². The van der Waals surface area contributed by atoms with Gasteiger partial charge in [0.15, 0.2) is 17.3 Å². The second-order valence-electron chi connectivity index (χ2n) is 5.66. The number of phenols is 1. The molecule has 5 nitrogen and oxygen atoms in total. The molecule has 3 rings (SSSR count). The van der Waals surface area contributed by atoms with Gasteiger partial charge in [0.25, 0.3) is 0 Å². The second kappa shape index (κ2) is 7.05. The Morgan fingerprint density at radius 3 is 2.60 bits per heavy atom. The summed E-state index contributed by atoms with van der Waals surface area (Å²) in [6, 6.07) is 14.5. The van der Waals surface area contributed by atoms with Gasteiger partial charge in [0.05, 0.1) is 18.5 Å². The van der Waals surface area contributed by atoms with E-state index in [4.69, 9.17) is 4.74 Å². The number of carbonyl (C=O) groups is 1. The average Bonchev–Trinajstić information content (AvgIpc) is 3.09. The van der Waals surface area contributed by atoms with Crippen LogP contribution in [0.3, 0.4) is 0 Å². The largest absolute Gasteiger partial charge is 0.504 e. The van der Waals surface area contributed by atoms with Crippen molar-refractivity contribution < 1.29 is 14.6 Å². The maximum atomic E-state index is 12.2. The summed E-state index contributed by atoms with van der Waals surface area (Å²) in [5.41, 5.74) is 4.12. The molecule has 0 unspecified atom stereocenters. The first-order valence-corrected chi connectivity index (χ1v) is 7.78. The lowest BCUT2D eigenvalue weighted by Gasteiger charge is -2.03. The highest BCUT2D eigenvalue weighted by Crippen LogP contribution is 2.26. The summed E-state index contributed by atoms with van der Waals surface area (Å²) in [7, 11) is 1.46. The van der Waals surface area contributed by atoms with E-state index in [1.165, 1.54) is 24.8 Å². The predicted octanol–water partition coefficient (Wildman–Crippen LogP) is 4.00. The minimum atomic E-state index is -0.218. The summed E-state index contributed by atoms with van der Waals surface area (Å²) >= 11 is 0. The molecule has 0 aliphatic heterocycles. The van der Waals surface area contributed by atoms with Gasteiger partial charge in [0, 0.05) is 11.1 Å². The van der Waals surface area contributed by atoms with Gasteiger partial charge in [0.1, 0.15) is 0 Å². The number of aryl methyl sites for hydroxylation is 1. The number of rotatable bonds is 5. The number of ketones is 1. The standard InChI is InChI=1S/C20H18N2O3/c1-13-3-5-14(6-4-13)17-12-16(21-22-17)8-9-18(23)15-7-10-20(25-2)19(24)11-15/h3-12,24H,1-2H3,(H,21,22)/b9-8+. The van der Waals surface area contributed by atoms with Crippen molar-refractivity contribution in [3.63, 3.8) is 0 Å². The number of H-pyrrole nitrogens is 1. The number of ether oxygens (including phenoxy) is 1. The van der Waals surface area contributed by atoms with Gasteiger partial charge in [-0.05, 0) is 43.3 Å². The zero-order valence-corrected chi connectivity index (χ0v) is 14.0. The molecule has 0 spiro atoms. The smallest absolute Gasteiger partial charge is 0.186 e. The van der Waals surface area contributed by atoms with Crippen LogP contribution >= 0.6 is 0 Å². The van der Waals surface area contributed by atoms with E-state index < -0.39 is 0 Å². The van der Waals surface area contributed by atoms with Gasteiger partial charge < -0.3 is 9.84 Å². The second-order valence-corrected chi connectivity index (χ2v) is 5.66. The summed E-state index contributed by atoms with van der Waals surface area (Å²) in [4.78, 5) is 12.2. The van der Waals surface area contributed by atoms with Crippen molar-refractivity contribution >= 4 is 11.9 Å². The molecule has 0 saturated heterocycles. The number of allylic oxidation sites excluding steroid dienone is 1. The van der Waals surface area contributed by atoms with Crippen molar-refractivity contribution in [1.29, 1.82) is 0 Å². The van der Waals surface area contributed by atoms with Crippen LogP contribution in [-0.4, -0.2) is 28.2 Å². The Labute approximate surface area is 145 Å². The first-order valence-electron chi connectivity index (χ1n) is 7.78. The number of aromatic nitrogens is 2. The molecule has 2 N–H and O–H groups in total. The summed E-state index contributed by atoms with van der Waals surface area (Å²) in [5.74, 6) is 0.0474. The van der Waals surface area contributed by atoms with Crippen molar-refractivity contribution in [1.82, 2.24) is 10.2 Å². The Kier molecular flexibility index (Phi) is 4.66. The lowest BCUT2D eigenvalue weighted by Crippen LogP contribution is -1.94. The SMILES string of the molecule is COc1ccc(C(=O)/C=C/c2cc(-c3ccc(C)cc3)n[nH]2)cc1O. The molecule has 126 valence electrons. The van der Waals surface area contributed by atoms with E-state index in [-0.39, 0.29) is 11.5 Å². The third kappa shape index (κ3) is 3.77. The van der Waals surface area contributed by atoms with Gasteiger partial charge in [-0.15, -0.1) is 0 Å². The zero-order chi connectivity index (χ0) is 17.8. The molecule has 0 aliphatic rings. The maximum Gasteiger partial charge on any atom is 0.186 e. The molecule has 1 aromatic heterocycles. The number of methoxy groups -OCH3 is 1. The molecule has 3 aromatic rings. The van der Waals surface area contributed by atoms with Gasteiger partial charge in [-0.1, -0.05) is 29.8 Å². The van der Waals surface area contributed by atoms with Gasteiger partial charge in [0.2, 0.25) is 0 Å². The van der Waals surface area contributed by atoms with Crippen LogP contribution in [0.2, 0.25) is 0 Å². The number of aromatic hydroxyl groups is 1. The van der Waals surface area contributed by atoms with Crippen LogP contribution in [0.15, 0.2) is 54.6 Å². The Hall–Kier alpha value is -3.34. The molecular weight excluding hydrogens is 316 g/mol. The molecular formula is C20H18N2O3. The highest BCUT2D eigenvalue weighted by molar-refractivity contribution is 6.07. The van der Waals surface area contributed by atoms with E-state index in [1.807, 2.05) is 37.3 Å². The van der Waals surface area contributed by atoms with E-state index in [0.717, 1.165) is 17.0 Å². The summed E-state index contributed by atoms with van der Waals surface area (Å²) in [5, 5.41) is 16.9. The summed E-state index contributed by atoms with van der Waals surface area (Å²) in [6.45, 7) is 2.03. The van der Waals surface area contributed by atoms with Crippen LogP contribution in [0.4, 0.5) is 0 Å². The number of nitrogens with zero attached hydrogens (tertiary/aromatic N) is 1. The molecule has 5 heteroatoms. The number of hydrogen-bond donors (Lipinski definition) is 2. The normalized spacial score (nSPS) is 11.0. The molecule has 0 radical (unpaired) electrons. The molecule has 0 bridgehead atoms. The van der Waals surface area contributed by atoms with Crippen LogP contribution in [-0.2, 0) is 0 Å². The fourth-order valence-corrected chi connectivity index (χ4v) is 2.40. The van der Waals surface area contributed by atoms with Crippen molar-refractivity contribution in [3.8, 4) is 22.8 Å². The quantitative estimate of drug-likeness (QED) is 0.546. The van der Waals surface area contributed by atoms with Crippen LogP contribution in [0.5, 0.6) is 11.5 Å². The third-order valence-electron chi connectivity index (χ3n) is 3.82. The number of carbonyl (C=O) groups excluding carboxylic acids is 1. The molecule has 25 heavy (non-hydrogen) atoms. The van der Waals surface area contributed by atoms with E-state index >= 15 is 0 Å². The maximum absolute atomic E-state index is 12.2. The van der Waals surface area contributed by atoms with Gasteiger partial charge >= 0.3 is 0 Å². The van der Waals surface area contributed by atoms with Crippen molar-refractivity contribution in [2.75, 3.05) is 7.11 Å². The predicted molar refractivity (Wildman–Crippen MR) is 96.8 cm³/mol. The molecule has 0 amide bonds. The Balaban J connectivity index is 1.75. The Morgan fingerprint density at radius 1 is 1.16 bits per heavy atom. The van der Waals surface area contributed by atoms with Crippen molar-refractivity contribution in [2.45, 2.75) is 6.92 Å². The minimum Gasteiger partial charge on any atom is -0.504 e. The first kappa shape index (κ1) is 16.5. The van der Waals surface area contributed by atoms with Crippen LogP contribution in [0.1, 0.15) is 21.6 Å². The first-order chi connectivity index (χ1) is 12.1. The average molecular weight is 334 g/mol. The van der Waals surface area contributed by atoms with Crippen molar-refractivity contribution in [3.05, 3.63) is 71.4 Å². The molecule has 0 aliphatic carbocycles. The molecule has 0 atom stereocenters. The number of phenolic OH excluding ortho intramolecular Hbond substituents is 1. The van der Waals surface area contributed by atoms with E-state index in [9.17, 15) is 9.90 Å². The van der Waals surface area contributed by atoms with Gasteiger partial charge in [-0.2, -0.15) is 5.10 Å². The van der Waals surface area contributed by atoms with Gasteiger partial charge in [-0.3, -0.25) is 9.89 Å². The van der Waals surface area contributed by atoms with E-state index in [0.29, 0.717) is 11.3 Å². The highest BCUT2D eigenvalue weighted by Gasteiger charge is 2.08. The molecule has 0 saturated carbocycles. The lowest BCUT2D eigenvalue weighted by molar-refractivity contribution is 0.104. The zero-order valence-electron chi connectivity index (χ0n) is 14.0. The van der Waals surface area contributed by atoms with E-state index in [2.05, 4.69) is 10.2 Å². The number of benzene rings is 2. The topological polar surface area (TPSA) is 75.2 Å². The fraction of sp³-hybridized carbons (Fsp3) is 0.100. The summed E-state index contributed by atoms with van der Waals surface area (Å²) < 4.78 is 4.97. The van der Waals surface area contributed by atoms with Crippen LogP contribution in [0, 0.1) is 6.92 Å². The van der Waals surface area contributed by atoms with Crippen LogP contribution < -0.4 is 4.74 Å². The number of nitrogens with one attached hydrogen (secondary N) is 1. The Morgan fingerprint density at radius 2 is 1.92 bits per heavy atom. The number of hydrogen-bond acceptors (Lipinski definition) is 4. The minimum absolute atomic E-state index is 0.0649. The third-order valence-corrected chi connectivity index (χ3v) is 3.82. The monoisotopic (exact) mass is 334 g/mol.